The van der Waals surface area contributed by atoms with Crippen LogP contribution < -0.4 is 5.32 Å². The first-order valence-electron chi connectivity index (χ1n) is 5.27. The standard InChI is InChI=1S/C11H14BrN3OS/c1-16-6-5-15-4-2-11(14-15)13-8-10-9(12)3-7-17-10/h2-4,7H,5-6,8H2,1H3,(H,13,14). The van der Waals surface area contributed by atoms with Gasteiger partial charge in [-0.25, -0.2) is 0 Å². The molecule has 0 aliphatic rings. The number of hydrogen-bond acceptors (Lipinski definition) is 4. The van der Waals surface area contributed by atoms with Gasteiger partial charge in [-0.15, -0.1) is 11.3 Å². The smallest absolute Gasteiger partial charge is 0.148 e. The van der Waals surface area contributed by atoms with Crippen molar-refractivity contribution in [2.45, 2.75) is 13.1 Å². The molecule has 0 aliphatic carbocycles. The summed E-state index contributed by atoms with van der Waals surface area (Å²) < 4.78 is 8.02. The lowest BCUT2D eigenvalue weighted by molar-refractivity contribution is 0.183. The second-order valence-electron chi connectivity index (χ2n) is 3.50. The molecule has 17 heavy (non-hydrogen) atoms. The van der Waals surface area contributed by atoms with Crippen molar-refractivity contribution in [1.82, 2.24) is 9.78 Å². The monoisotopic (exact) mass is 315 g/mol. The van der Waals surface area contributed by atoms with Crippen LogP contribution in [-0.4, -0.2) is 23.5 Å². The number of nitrogens with one attached hydrogen (secondary N) is 1. The number of hydrogen-bond donors (Lipinski definition) is 1. The molecule has 0 amide bonds. The first kappa shape index (κ1) is 12.6. The van der Waals surface area contributed by atoms with Gasteiger partial charge >= 0.3 is 0 Å². The van der Waals surface area contributed by atoms with Gasteiger partial charge in [0.15, 0.2) is 0 Å². The van der Waals surface area contributed by atoms with Gasteiger partial charge in [-0.3, -0.25) is 4.68 Å². The Labute approximate surface area is 113 Å². The summed E-state index contributed by atoms with van der Waals surface area (Å²) in [4.78, 5) is 1.27. The molecule has 0 aromatic carbocycles. The Morgan fingerprint density at radius 2 is 2.41 bits per heavy atom. The van der Waals surface area contributed by atoms with Gasteiger partial charge in [0.1, 0.15) is 5.82 Å². The number of rotatable bonds is 6. The highest BCUT2D eigenvalue weighted by Gasteiger charge is 2.02. The van der Waals surface area contributed by atoms with Crippen LogP contribution in [0, 0.1) is 0 Å². The second kappa shape index (κ2) is 6.18. The van der Waals surface area contributed by atoms with Crippen LogP contribution in [0.4, 0.5) is 5.82 Å². The fourth-order valence-corrected chi connectivity index (χ4v) is 2.82. The Morgan fingerprint density at radius 1 is 1.53 bits per heavy atom. The van der Waals surface area contributed by atoms with E-state index >= 15 is 0 Å². The topological polar surface area (TPSA) is 39.1 Å². The summed E-state index contributed by atoms with van der Waals surface area (Å²) in [5.41, 5.74) is 0. The summed E-state index contributed by atoms with van der Waals surface area (Å²) >= 11 is 5.23. The zero-order chi connectivity index (χ0) is 12.1. The molecule has 6 heteroatoms. The zero-order valence-corrected chi connectivity index (χ0v) is 11.9. The number of methoxy groups -OCH3 is 1. The van der Waals surface area contributed by atoms with Crippen LogP contribution in [0.1, 0.15) is 4.88 Å². The zero-order valence-electron chi connectivity index (χ0n) is 9.52. The maximum atomic E-state index is 5.00. The van der Waals surface area contributed by atoms with E-state index in [0.29, 0.717) is 6.61 Å². The van der Waals surface area contributed by atoms with Crippen molar-refractivity contribution in [3.63, 3.8) is 0 Å². The summed E-state index contributed by atoms with van der Waals surface area (Å²) in [6.45, 7) is 2.25. The molecular formula is C11H14BrN3OS. The van der Waals surface area contributed by atoms with Crippen molar-refractivity contribution in [2.24, 2.45) is 0 Å². The molecule has 4 nitrogen and oxygen atoms in total. The lowest BCUT2D eigenvalue weighted by Gasteiger charge is -2.02. The summed E-state index contributed by atoms with van der Waals surface area (Å²) in [7, 11) is 1.69. The minimum Gasteiger partial charge on any atom is -0.383 e. The van der Waals surface area contributed by atoms with Crippen molar-refractivity contribution < 1.29 is 4.74 Å². The van der Waals surface area contributed by atoms with Gasteiger partial charge in [0.05, 0.1) is 19.7 Å². The van der Waals surface area contributed by atoms with E-state index in [4.69, 9.17) is 4.74 Å². The Hall–Kier alpha value is -0.850. The van der Waals surface area contributed by atoms with Gasteiger partial charge in [-0.2, -0.15) is 5.10 Å². The van der Waals surface area contributed by atoms with Crippen LogP contribution in [0.2, 0.25) is 0 Å². The fourth-order valence-electron chi connectivity index (χ4n) is 1.39. The SMILES string of the molecule is COCCn1ccc(NCc2sccc2Br)n1. The predicted octanol–water partition coefficient (Wildman–Crippen LogP) is 2.97. The lowest BCUT2D eigenvalue weighted by atomic mass is 10.4. The van der Waals surface area contributed by atoms with E-state index in [9.17, 15) is 0 Å². The summed E-state index contributed by atoms with van der Waals surface area (Å²) in [5.74, 6) is 0.890. The molecule has 0 saturated heterocycles. The first-order valence-corrected chi connectivity index (χ1v) is 6.95. The highest BCUT2D eigenvalue weighted by molar-refractivity contribution is 9.10. The molecule has 0 atom stereocenters. The maximum absolute atomic E-state index is 5.00. The largest absolute Gasteiger partial charge is 0.383 e. The highest BCUT2D eigenvalue weighted by Crippen LogP contribution is 2.23. The number of aromatic nitrogens is 2. The van der Waals surface area contributed by atoms with Crippen LogP contribution in [0.5, 0.6) is 0 Å². The minimum atomic E-state index is 0.678. The number of thiophene rings is 1. The molecule has 1 N–H and O–H groups in total. The van der Waals surface area contributed by atoms with E-state index in [1.165, 1.54) is 4.88 Å². The van der Waals surface area contributed by atoms with Gasteiger partial charge in [-0.1, -0.05) is 0 Å². The van der Waals surface area contributed by atoms with E-state index < -0.39 is 0 Å². The predicted molar refractivity (Wildman–Crippen MR) is 73.4 cm³/mol. The molecule has 0 fully saturated rings. The Morgan fingerprint density at radius 3 is 3.12 bits per heavy atom. The van der Waals surface area contributed by atoms with E-state index in [2.05, 4.69) is 37.8 Å². The molecule has 2 heterocycles. The van der Waals surface area contributed by atoms with Gasteiger partial charge in [0.2, 0.25) is 0 Å². The molecule has 2 rings (SSSR count). The highest BCUT2D eigenvalue weighted by atomic mass is 79.9. The lowest BCUT2D eigenvalue weighted by Crippen LogP contribution is -2.06. The van der Waals surface area contributed by atoms with Crippen LogP contribution in [0.15, 0.2) is 28.2 Å². The van der Waals surface area contributed by atoms with Crippen LogP contribution in [0.25, 0.3) is 0 Å². The molecule has 2 aromatic heterocycles. The van der Waals surface area contributed by atoms with Crippen molar-refractivity contribution in [2.75, 3.05) is 19.0 Å². The van der Waals surface area contributed by atoms with E-state index in [1.807, 2.05) is 16.9 Å². The Kier molecular flexibility index (Phi) is 4.58. The molecule has 0 bridgehead atoms. The number of ether oxygens (including phenoxy) is 1. The van der Waals surface area contributed by atoms with Gasteiger partial charge in [-0.05, 0) is 27.4 Å². The minimum absolute atomic E-state index is 0.678. The van der Waals surface area contributed by atoms with Gasteiger partial charge < -0.3 is 10.1 Å². The molecular weight excluding hydrogens is 302 g/mol. The molecule has 0 saturated carbocycles. The molecule has 0 aliphatic heterocycles. The van der Waals surface area contributed by atoms with E-state index in [0.717, 1.165) is 23.4 Å². The summed E-state index contributed by atoms with van der Waals surface area (Å²) in [5, 5.41) is 9.75. The summed E-state index contributed by atoms with van der Waals surface area (Å²) in [6, 6.07) is 4.02. The Balaban J connectivity index is 1.87. The average molecular weight is 316 g/mol. The molecule has 2 aromatic rings. The van der Waals surface area contributed by atoms with E-state index in [-0.39, 0.29) is 0 Å². The number of halogens is 1. The second-order valence-corrected chi connectivity index (χ2v) is 5.36. The maximum Gasteiger partial charge on any atom is 0.148 e. The average Bonchev–Trinajstić information content (AvgIpc) is 2.93. The van der Waals surface area contributed by atoms with Crippen molar-refractivity contribution in [3.8, 4) is 0 Å². The first-order chi connectivity index (χ1) is 8.29. The third-order valence-corrected chi connectivity index (χ3v) is 4.21. The normalized spacial score (nSPS) is 10.7. The van der Waals surface area contributed by atoms with Gasteiger partial charge in [0, 0.05) is 28.7 Å². The third-order valence-electron chi connectivity index (χ3n) is 2.29. The van der Waals surface area contributed by atoms with Crippen molar-refractivity contribution >= 4 is 33.1 Å². The van der Waals surface area contributed by atoms with Crippen molar-refractivity contribution in [1.29, 1.82) is 0 Å². The molecule has 0 spiro atoms. The van der Waals surface area contributed by atoms with Gasteiger partial charge in [0.25, 0.3) is 0 Å². The van der Waals surface area contributed by atoms with E-state index in [1.54, 1.807) is 18.4 Å². The van der Waals surface area contributed by atoms with Crippen LogP contribution in [0.3, 0.4) is 0 Å². The van der Waals surface area contributed by atoms with Crippen LogP contribution >= 0.6 is 27.3 Å². The molecule has 0 unspecified atom stereocenters. The quantitative estimate of drug-likeness (QED) is 0.890. The number of nitrogens with zero attached hydrogens (tertiary/aromatic N) is 2. The number of anilines is 1. The molecule has 0 radical (unpaired) electrons. The Bertz CT molecular complexity index is 469. The van der Waals surface area contributed by atoms with Crippen molar-refractivity contribution in [3.05, 3.63) is 33.1 Å². The third kappa shape index (κ3) is 3.55. The molecule has 92 valence electrons. The summed E-state index contributed by atoms with van der Waals surface area (Å²) in [6.07, 6.45) is 1.95. The van der Waals surface area contributed by atoms with Crippen LogP contribution in [-0.2, 0) is 17.8 Å². The fraction of sp³-hybridized carbons (Fsp3) is 0.364.